The molecule has 0 aliphatic heterocycles. The second-order valence-electron chi connectivity index (χ2n) is 4.91. The second-order valence-corrected chi connectivity index (χ2v) is 5.69. The Balaban J connectivity index is 1.68. The molecule has 1 aliphatic carbocycles. The third-order valence-electron chi connectivity index (χ3n) is 3.66. The molecule has 0 atom stereocenters. The van der Waals surface area contributed by atoms with Crippen LogP contribution in [-0.4, -0.2) is 10.9 Å². The minimum atomic E-state index is 0.865. The van der Waals surface area contributed by atoms with E-state index in [0.29, 0.717) is 0 Å². The number of anilines is 1. The summed E-state index contributed by atoms with van der Waals surface area (Å²) in [6.45, 7) is 1.12. The number of rotatable bonds is 3. The molecule has 0 bridgehead atoms. The van der Waals surface area contributed by atoms with Crippen LogP contribution in [0.3, 0.4) is 0 Å². The number of nitrogens with zero attached hydrogens (tertiary/aromatic N) is 1. The number of benzene rings is 1. The van der Waals surface area contributed by atoms with Crippen LogP contribution in [0.15, 0.2) is 24.3 Å². The van der Waals surface area contributed by atoms with E-state index in [1.165, 1.54) is 42.5 Å². The fraction of sp³-hybridized carbons (Fsp3) is 0.500. The Hall–Kier alpha value is -1.09. The van der Waals surface area contributed by atoms with Crippen LogP contribution in [-0.2, 0) is 0 Å². The number of hydrogen-bond donors (Lipinski definition) is 1. The van der Waals surface area contributed by atoms with Gasteiger partial charge in [0.15, 0.2) is 0 Å². The van der Waals surface area contributed by atoms with Crippen LogP contribution < -0.4 is 5.32 Å². The molecule has 0 spiro atoms. The van der Waals surface area contributed by atoms with Gasteiger partial charge in [0, 0.05) is 11.9 Å². The molecule has 1 aromatic carbocycles. The molecule has 17 heavy (non-hydrogen) atoms. The molecule has 1 fully saturated rings. The summed E-state index contributed by atoms with van der Waals surface area (Å²) in [6.07, 6.45) is 7.04. The van der Waals surface area contributed by atoms with Crippen LogP contribution in [0.2, 0.25) is 0 Å². The minimum absolute atomic E-state index is 0.865. The largest absolute Gasteiger partial charge is 0.375 e. The highest BCUT2D eigenvalue weighted by molar-refractivity contribution is 7.11. The van der Waals surface area contributed by atoms with Gasteiger partial charge in [-0.2, -0.15) is 4.37 Å². The third kappa shape index (κ3) is 2.44. The van der Waals surface area contributed by atoms with Crippen LogP contribution in [0.25, 0.3) is 10.9 Å². The normalized spacial score (nSPS) is 17.4. The Kier molecular flexibility index (Phi) is 3.27. The predicted octanol–water partition coefficient (Wildman–Crippen LogP) is 4.29. The third-order valence-corrected chi connectivity index (χ3v) is 4.49. The van der Waals surface area contributed by atoms with Crippen LogP contribution in [0, 0.1) is 5.92 Å². The van der Waals surface area contributed by atoms with Gasteiger partial charge in [-0.05, 0) is 42.4 Å². The van der Waals surface area contributed by atoms with Crippen molar-refractivity contribution in [2.75, 3.05) is 11.9 Å². The van der Waals surface area contributed by atoms with Crippen molar-refractivity contribution in [3.05, 3.63) is 24.3 Å². The molecular formula is C14H18N2S. The van der Waals surface area contributed by atoms with Crippen molar-refractivity contribution in [1.29, 1.82) is 0 Å². The maximum Gasteiger partial charge on any atom is 0.117 e. The van der Waals surface area contributed by atoms with E-state index in [4.69, 9.17) is 0 Å². The first-order valence-corrected chi connectivity index (χ1v) is 7.29. The minimum Gasteiger partial charge on any atom is -0.375 e. The molecule has 0 amide bonds. The average Bonchev–Trinajstić information content (AvgIpc) is 2.81. The van der Waals surface area contributed by atoms with Crippen LogP contribution in [0.4, 0.5) is 5.00 Å². The Morgan fingerprint density at radius 1 is 1.18 bits per heavy atom. The van der Waals surface area contributed by atoms with E-state index in [1.54, 1.807) is 11.5 Å². The van der Waals surface area contributed by atoms with Gasteiger partial charge in [-0.15, -0.1) is 0 Å². The van der Waals surface area contributed by atoms with Crippen molar-refractivity contribution in [2.45, 2.75) is 32.1 Å². The maximum absolute atomic E-state index is 4.46. The zero-order valence-corrected chi connectivity index (χ0v) is 10.8. The summed E-state index contributed by atoms with van der Waals surface area (Å²) in [6, 6.07) is 8.37. The summed E-state index contributed by atoms with van der Waals surface area (Å²) >= 11 is 1.59. The smallest absolute Gasteiger partial charge is 0.117 e. The Labute approximate surface area is 106 Å². The predicted molar refractivity (Wildman–Crippen MR) is 74.7 cm³/mol. The highest BCUT2D eigenvalue weighted by Crippen LogP contribution is 2.29. The second kappa shape index (κ2) is 5.05. The van der Waals surface area contributed by atoms with Crippen molar-refractivity contribution in [3.63, 3.8) is 0 Å². The van der Waals surface area contributed by atoms with Gasteiger partial charge in [0.1, 0.15) is 5.00 Å². The van der Waals surface area contributed by atoms with Crippen molar-refractivity contribution in [3.8, 4) is 0 Å². The van der Waals surface area contributed by atoms with E-state index in [-0.39, 0.29) is 0 Å². The van der Waals surface area contributed by atoms with Gasteiger partial charge in [-0.1, -0.05) is 31.4 Å². The first kappa shape index (κ1) is 11.0. The summed E-state index contributed by atoms with van der Waals surface area (Å²) in [4.78, 5) is 0. The van der Waals surface area contributed by atoms with E-state index < -0.39 is 0 Å². The highest BCUT2D eigenvalue weighted by Gasteiger charge is 2.14. The van der Waals surface area contributed by atoms with E-state index >= 15 is 0 Å². The molecule has 3 rings (SSSR count). The molecule has 0 saturated heterocycles. The van der Waals surface area contributed by atoms with Gasteiger partial charge < -0.3 is 5.32 Å². The van der Waals surface area contributed by atoms with E-state index in [0.717, 1.165) is 18.0 Å². The topological polar surface area (TPSA) is 24.9 Å². The van der Waals surface area contributed by atoms with Crippen molar-refractivity contribution in [2.24, 2.45) is 5.92 Å². The molecule has 1 aromatic heterocycles. The van der Waals surface area contributed by atoms with E-state index in [1.807, 2.05) is 6.07 Å². The lowest BCUT2D eigenvalue weighted by atomic mass is 9.89. The number of hydrogen-bond acceptors (Lipinski definition) is 3. The average molecular weight is 246 g/mol. The lowest BCUT2D eigenvalue weighted by molar-refractivity contribution is 0.374. The molecule has 2 aromatic rings. The van der Waals surface area contributed by atoms with Gasteiger partial charge >= 0.3 is 0 Å². The van der Waals surface area contributed by atoms with Gasteiger partial charge in [0.2, 0.25) is 0 Å². The van der Waals surface area contributed by atoms with Crippen LogP contribution >= 0.6 is 11.5 Å². The first-order valence-electron chi connectivity index (χ1n) is 6.52. The van der Waals surface area contributed by atoms with Gasteiger partial charge in [0.25, 0.3) is 0 Å². The van der Waals surface area contributed by atoms with Crippen LogP contribution in [0.5, 0.6) is 0 Å². The summed E-state index contributed by atoms with van der Waals surface area (Å²) < 4.78 is 4.46. The zero-order valence-electron chi connectivity index (χ0n) is 9.98. The lowest BCUT2D eigenvalue weighted by Crippen LogP contribution is -2.16. The lowest BCUT2D eigenvalue weighted by Gasteiger charge is -2.21. The summed E-state index contributed by atoms with van der Waals surface area (Å²) in [5.41, 5.74) is 1.11. The molecule has 0 radical (unpaired) electrons. The van der Waals surface area contributed by atoms with Crippen molar-refractivity contribution in [1.82, 2.24) is 4.37 Å². The van der Waals surface area contributed by atoms with E-state index in [9.17, 15) is 0 Å². The molecule has 1 saturated carbocycles. The first-order chi connectivity index (χ1) is 8.43. The van der Waals surface area contributed by atoms with Crippen LogP contribution in [0.1, 0.15) is 32.1 Å². The molecule has 90 valence electrons. The fourth-order valence-electron chi connectivity index (χ4n) is 2.65. The van der Waals surface area contributed by atoms with Crippen molar-refractivity contribution < 1.29 is 0 Å². The molecule has 1 aliphatic rings. The molecule has 3 heteroatoms. The molecule has 1 N–H and O–H groups in total. The monoisotopic (exact) mass is 246 g/mol. The Bertz CT molecular complexity index is 486. The van der Waals surface area contributed by atoms with Gasteiger partial charge in [0.05, 0.1) is 5.52 Å². The Morgan fingerprint density at radius 3 is 2.88 bits per heavy atom. The highest BCUT2D eigenvalue weighted by atomic mass is 32.1. The SMILES string of the molecule is c1ccc2c(NCC3CCCCC3)snc2c1. The Morgan fingerprint density at radius 2 is 2.00 bits per heavy atom. The van der Waals surface area contributed by atoms with Gasteiger partial charge in [-0.3, -0.25) is 0 Å². The fourth-order valence-corrected chi connectivity index (χ4v) is 3.41. The number of aromatic nitrogens is 1. The summed E-state index contributed by atoms with van der Waals surface area (Å²) in [5.74, 6) is 0.865. The van der Waals surface area contributed by atoms with E-state index in [2.05, 4.69) is 27.9 Å². The summed E-state index contributed by atoms with van der Waals surface area (Å²) in [7, 11) is 0. The number of nitrogens with one attached hydrogen (secondary N) is 1. The molecule has 1 heterocycles. The van der Waals surface area contributed by atoms with Gasteiger partial charge in [-0.25, -0.2) is 0 Å². The zero-order chi connectivity index (χ0) is 11.5. The summed E-state index contributed by atoms with van der Waals surface area (Å²) in [5, 5.41) is 6.11. The number of fused-ring (bicyclic) bond motifs is 1. The maximum atomic E-state index is 4.46. The molecular weight excluding hydrogens is 228 g/mol. The quantitative estimate of drug-likeness (QED) is 0.874. The van der Waals surface area contributed by atoms with Crippen molar-refractivity contribution >= 4 is 27.4 Å². The molecule has 2 nitrogen and oxygen atoms in total. The molecule has 0 unspecified atom stereocenters. The standard InChI is InChI=1S/C14H18N2S/c1-2-6-11(7-3-1)10-15-14-12-8-4-5-9-13(12)16-17-14/h4-5,8-9,11,15H,1-3,6-7,10H2.